The summed E-state index contributed by atoms with van der Waals surface area (Å²) in [6.45, 7) is 4.82. The molecule has 1 aromatic rings. The van der Waals surface area contributed by atoms with Crippen LogP contribution in [0.4, 0.5) is 0 Å². The Balaban J connectivity index is 1.92. The largest absolute Gasteiger partial charge is 0.261 e. The van der Waals surface area contributed by atoms with E-state index in [0.717, 1.165) is 12.3 Å². The van der Waals surface area contributed by atoms with Crippen LogP contribution >= 0.6 is 0 Å². The fraction of sp³-hybridized carbons (Fsp3) is 0.667. The van der Waals surface area contributed by atoms with Gasteiger partial charge in [0.15, 0.2) is 0 Å². The van der Waals surface area contributed by atoms with Crippen LogP contribution in [-0.2, 0) is 6.42 Å². The Morgan fingerprint density at radius 1 is 1.38 bits per heavy atom. The normalized spacial score (nSPS) is 20.1. The molecule has 0 aliphatic heterocycles. The number of hydrogen-bond acceptors (Lipinski definition) is 1. The molecule has 1 fully saturated rings. The number of nitrogens with zero attached hydrogens (tertiary/aromatic N) is 1. The minimum absolute atomic E-state index is 0.551. The summed E-state index contributed by atoms with van der Waals surface area (Å²) >= 11 is 0. The van der Waals surface area contributed by atoms with E-state index in [0.29, 0.717) is 5.41 Å². The molecule has 0 bridgehead atoms. The summed E-state index contributed by atoms with van der Waals surface area (Å²) < 4.78 is 0. The number of aromatic nitrogens is 1. The van der Waals surface area contributed by atoms with Gasteiger partial charge in [0.05, 0.1) is 0 Å². The van der Waals surface area contributed by atoms with Gasteiger partial charge in [-0.05, 0) is 49.1 Å². The van der Waals surface area contributed by atoms with Crippen molar-refractivity contribution in [1.29, 1.82) is 0 Å². The number of pyridine rings is 1. The van der Waals surface area contributed by atoms with Crippen LogP contribution in [0.15, 0.2) is 24.4 Å². The van der Waals surface area contributed by atoms with Crippen molar-refractivity contribution in [3.63, 3.8) is 0 Å². The van der Waals surface area contributed by atoms with Crippen LogP contribution in [-0.4, -0.2) is 4.98 Å². The third-order valence-electron chi connectivity index (χ3n) is 4.58. The van der Waals surface area contributed by atoms with Gasteiger partial charge in [0.1, 0.15) is 0 Å². The van der Waals surface area contributed by atoms with Gasteiger partial charge < -0.3 is 0 Å². The summed E-state index contributed by atoms with van der Waals surface area (Å²) in [6.07, 6.45) is 10.0. The maximum Gasteiger partial charge on any atom is 0.0403 e. The van der Waals surface area contributed by atoms with Gasteiger partial charge in [-0.1, -0.05) is 32.8 Å². The molecule has 1 saturated carbocycles. The lowest BCUT2D eigenvalue weighted by molar-refractivity contribution is 0.0866. The lowest BCUT2D eigenvalue weighted by atomic mass is 9.63. The molecule has 0 spiro atoms. The highest BCUT2D eigenvalue weighted by Gasteiger charge is 2.35. The molecule has 1 atom stereocenters. The van der Waals surface area contributed by atoms with Crippen molar-refractivity contribution in [2.24, 2.45) is 11.3 Å². The van der Waals surface area contributed by atoms with Crippen molar-refractivity contribution in [2.75, 3.05) is 0 Å². The molecule has 88 valence electrons. The molecule has 1 aliphatic rings. The van der Waals surface area contributed by atoms with Gasteiger partial charge in [-0.15, -0.1) is 0 Å². The molecule has 0 N–H and O–H groups in total. The van der Waals surface area contributed by atoms with Crippen LogP contribution in [0.1, 0.15) is 51.6 Å². The predicted molar refractivity (Wildman–Crippen MR) is 68.3 cm³/mol. The Hall–Kier alpha value is -0.850. The van der Waals surface area contributed by atoms with E-state index in [1.165, 1.54) is 37.8 Å². The maximum atomic E-state index is 4.42. The second kappa shape index (κ2) is 4.99. The smallest absolute Gasteiger partial charge is 0.0403 e. The standard InChI is InChI=1S/C15H23N/c1-3-15(2,13-7-6-8-13)11-10-14-9-4-5-12-16-14/h4-5,9,12-13H,3,6-8,10-11H2,1-2H3. The van der Waals surface area contributed by atoms with Crippen LogP contribution in [0.2, 0.25) is 0 Å². The van der Waals surface area contributed by atoms with Gasteiger partial charge in [-0.3, -0.25) is 4.98 Å². The molecule has 0 radical (unpaired) electrons. The monoisotopic (exact) mass is 217 g/mol. The second-order valence-corrected chi connectivity index (χ2v) is 5.46. The van der Waals surface area contributed by atoms with E-state index in [4.69, 9.17) is 0 Å². The lowest BCUT2D eigenvalue weighted by Crippen LogP contribution is -2.32. The summed E-state index contributed by atoms with van der Waals surface area (Å²) in [5.74, 6) is 0.973. The Morgan fingerprint density at radius 3 is 2.69 bits per heavy atom. The van der Waals surface area contributed by atoms with Gasteiger partial charge in [0.2, 0.25) is 0 Å². The van der Waals surface area contributed by atoms with E-state index in [1.54, 1.807) is 0 Å². The Bertz CT molecular complexity index is 315. The SMILES string of the molecule is CCC(C)(CCc1ccccn1)C1CCC1. The van der Waals surface area contributed by atoms with E-state index < -0.39 is 0 Å². The Kier molecular flexibility index (Phi) is 3.63. The molecule has 0 aromatic carbocycles. The highest BCUT2D eigenvalue weighted by Crippen LogP contribution is 2.46. The molecule has 1 heteroatoms. The average molecular weight is 217 g/mol. The van der Waals surface area contributed by atoms with Crippen molar-refractivity contribution in [3.8, 4) is 0 Å². The molecule has 16 heavy (non-hydrogen) atoms. The Morgan fingerprint density at radius 2 is 2.19 bits per heavy atom. The van der Waals surface area contributed by atoms with Crippen molar-refractivity contribution in [3.05, 3.63) is 30.1 Å². The highest BCUT2D eigenvalue weighted by atomic mass is 14.7. The third-order valence-corrected chi connectivity index (χ3v) is 4.58. The van der Waals surface area contributed by atoms with Crippen LogP contribution in [0, 0.1) is 11.3 Å². The van der Waals surface area contributed by atoms with Crippen LogP contribution in [0.25, 0.3) is 0 Å². The van der Waals surface area contributed by atoms with E-state index in [2.05, 4.69) is 31.0 Å². The lowest BCUT2D eigenvalue weighted by Gasteiger charge is -2.43. The fourth-order valence-electron chi connectivity index (χ4n) is 2.73. The quantitative estimate of drug-likeness (QED) is 0.719. The minimum atomic E-state index is 0.551. The zero-order valence-electron chi connectivity index (χ0n) is 10.6. The first-order chi connectivity index (χ1) is 7.74. The van der Waals surface area contributed by atoms with Gasteiger partial charge >= 0.3 is 0 Å². The van der Waals surface area contributed by atoms with E-state index >= 15 is 0 Å². The van der Waals surface area contributed by atoms with Crippen molar-refractivity contribution >= 4 is 0 Å². The van der Waals surface area contributed by atoms with E-state index in [-0.39, 0.29) is 0 Å². The van der Waals surface area contributed by atoms with E-state index in [1.807, 2.05) is 12.3 Å². The number of aryl methyl sites for hydroxylation is 1. The molecular weight excluding hydrogens is 194 g/mol. The summed E-state index contributed by atoms with van der Waals surface area (Å²) in [5.41, 5.74) is 1.80. The van der Waals surface area contributed by atoms with Crippen LogP contribution < -0.4 is 0 Å². The molecule has 1 nitrogen and oxygen atoms in total. The number of rotatable bonds is 5. The van der Waals surface area contributed by atoms with Crippen LogP contribution in [0.5, 0.6) is 0 Å². The van der Waals surface area contributed by atoms with Crippen molar-refractivity contribution in [2.45, 2.75) is 52.4 Å². The summed E-state index contributed by atoms with van der Waals surface area (Å²) in [5, 5.41) is 0. The van der Waals surface area contributed by atoms with Gasteiger partial charge in [-0.2, -0.15) is 0 Å². The molecule has 2 rings (SSSR count). The molecule has 0 amide bonds. The topological polar surface area (TPSA) is 12.9 Å². The Labute approximate surface area is 99.3 Å². The molecular formula is C15H23N. The third kappa shape index (κ3) is 2.45. The summed E-state index contributed by atoms with van der Waals surface area (Å²) in [7, 11) is 0. The minimum Gasteiger partial charge on any atom is -0.261 e. The molecule has 1 unspecified atom stereocenters. The first-order valence-corrected chi connectivity index (χ1v) is 6.64. The van der Waals surface area contributed by atoms with Gasteiger partial charge in [0.25, 0.3) is 0 Å². The molecule has 0 saturated heterocycles. The van der Waals surface area contributed by atoms with Gasteiger partial charge in [0, 0.05) is 11.9 Å². The predicted octanol–water partition coefficient (Wildman–Crippen LogP) is 4.23. The average Bonchev–Trinajstić information content (AvgIpc) is 2.25. The van der Waals surface area contributed by atoms with E-state index in [9.17, 15) is 0 Å². The maximum absolute atomic E-state index is 4.42. The second-order valence-electron chi connectivity index (χ2n) is 5.46. The summed E-state index contributed by atoms with van der Waals surface area (Å²) in [6, 6.07) is 6.24. The van der Waals surface area contributed by atoms with Crippen LogP contribution in [0.3, 0.4) is 0 Å². The zero-order valence-corrected chi connectivity index (χ0v) is 10.6. The fourth-order valence-corrected chi connectivity index (χ4v) is 2.73. The van der Waals surface area contributed by atoms with Crippen molar-refractivity contribution in [1.82, 2.24) is 4.98 Å². The zero-order chi connectivity index (χ0) is 11.4. The molecule has 1 aliphatic carbocycles. The van der Waals surface area contributed by atoms with Gasteiger partial charge in [-0.25, -0.2) is 0 Å². The highest BCUT2D eigenvalue weighted by molar-refractivity contribution is 5.04. The molecule has 1 aromatic heterocycles. The first kappa shape index (κ1) is 11.6. The number of hydrogen-bond donors (Lipinski definition) is 0. The van der Waals surface area contributed by atoms with Crippen molar-refractivity contribution < 1.29 is 0 Å². The summed E-state index contributed by atoms with van der Waals surface area (Å²) in [4.78, 5) is 4.42. The first-order valence-electron chi connectivity index (χ1n) is 6.64. The molecule has 1 heterocycles.